The molecule has 1 aromatic heterocycles. The van der Waals surface area contributed by atoms with Gasteiger partial charge in [-0.3, -0.25) is 14.6 Å². The summed E-state index contributed by atoms with van der Waals surface area (Å²) in [6.45, 7) is 1.54. The van der Waals surface area contributed by atoms with Gasteiger partial charge in [0.1, 0.15) is 11.9 Å². The molecule has 0 radical (unpaired) electrons. The van der Waals surface area contributed by atoms with Crippen molar-refractivity contribution in [3.8, 4) is 0 Å². The molecule has 0 fully saturated rings. The Morgan fingerprint density at radius 3 is 2.59 bits per heavy atom. The number of nitrogens with one attached hydrogen (secondary N) is 3. The van der Waals surface area contributed by atoms with Gasteiger partial charge in [-0.2, -0.15) is 0 Å². The number of aromatic nitrogens is 1. The number of hydrogen-bond donors (Lipinski definition) is 6. The van der Waals surface area contributed by atoms with Crippen LogP contribution in [0.25, 0.3) is 0 Å². The second-order valence-corrected chi connectivity index (χ2v) is 6.69. The topological polar surface area (TPSA) is 147 Å². The molecule has 1 unspecified atom stereocenters. The molecular formula is C19H21FN6O2S. The van der Waals surface area contributed by atoms with E-state index >= 15 is 0 Å². The van der Waals surface area contributed by atoms with Crippen molar-refractivity contribution in [2.45, 2.75) is 19.4 Å². The van der Waals surface area contributed by atoms with Crippen LogP contribution in [-0.2, 0) is 11.2 Å². The standard InChI is InChI=1S/C19H21FN6O2S/c1-10(21)6-17(29)26-14-9-15(13(20)8-12(14)18(22)27)25-16(19(23)28)7-11-4-2-3-5-24-11/h2-6,8-9,16,21,25-26,29H,7H2,1H3,(H2,22,27)(H2,23,28)/b17-6-,21-10?. The normalized spacial score (nSPS) is 12.2. The third kappa shape index (κ3) is 6.32. The first kappa shape index (κ1) is 21.9. The van der Waals surface area contributed by atoms with Gasteiger partial charge in [0.15, 0.2) is 0 Å². The van der Waals surface area contributed by atoms with Gasteiger partial charge in [-0.05, 0) is 37.3 Å². The number of carbonyl (C=O) groups excluding carboxylic acids is 2. The average molecular weight is 416 g/mol. The highest BCUT2D eigenvalue weighted by Crippen LogP contribution is 2.27. The van der Waals surface area contributed by atoms with Crippen LogP contribution in [0, 0.1) is 11.2 Å². The fraction of sp³-hybridized carbons (Fsp3) is 0.158. The molecule has 0 spiro atoms. The number of thiol groups is 1. The quantitative estimate of drug-likeness (QED) is 0.273. The highest BCUT2D eigenvalue weighted by molar-refractivity contribution is 7.84. The van der Waals surface area contributed by atoms with Gasteiger partial charge in [0.25, 0.3) is 5.91 Å². The number of nitrogens with zero attached hydrogens (tertiary/aromatic N) is 1. The van der Waals surface area contributed by atoms with Crippen molar-refractivity contribution in [1.82, 2.24) is 4.98 Å². The number of anilines is 2. The number of benzene rings is 1. The number of carbonyl (C=O) groups is 2. The van der Waals surface area contributed by atoms with E-state index < -0.39 is 23.7 Å². The largest absolute Gasteiger partial charge is 0.371 e. The number of rotatable bonds is 9. The maximum atomic E-state index is 14.6. The molecule has 0 bridgehead atoms. The summed E-state index contributed by atoms with van der Waals surface area (Å²) in [6.07, 6.45) is 3.11. The average Bonchev–Trinajstić information content (AvgIpc) is 2.63. The SMILES string of the molecule is CC(=N)/C=C(\S)Nc1cc(NC(Cc2ccccn2)C(N)=O)c(F)cc1C(N)=O. The van der Waals surface area contributed by atoms with Crippen molar-refractivity contribution in [2.24, 2.45) is 11.5 Å². The van der Waals surface area contributed by atoms with Gasteiger partial charge >= 0.3 is 0 Å². The van der Waals surface area contributed by atoms with Crippen LogP contribution in [0.5, 0.6) is 0 Å². The maximum absolute atomic E-state index is 14.6. The fourth-order valence-corrected chi connectivity index (χ4v) is 2.82. The number of halogens is 1. The minimum absolute atomic E-state index is 0.0649. The molecule has 2 rings (SSSR count). The van der Waals surface area contributed by atoms with Crippen LogP contribution >= 0.6 is 12.6 Å². The molecule has 7 N–H and O–H groups in total. The van der Waals surface area contributed by atoms with Crippen molar-refractivity contribution in [2.75, 3.05) is 10.6 Å². The third-order valence-electron chi connectivity index (χ3n) is 3.80. The first-order valence-corrected chi connectivity index (χ1v) is 8.94. The summed E-state index contributed by atoms with van der Waals surface area (Å²) in [4.78, 5) is 27.7. The summed E-state index contributed by atoms with van der Waals surface area (Å²) in [5.74, 6) is -2.34. The molecule has 1 aromatic carbocycles. The zero-order valence-corrected chi connectivity index (χ0v) is 16.5. The van der Waals surface area contributed by atoms with Crippen LogP contribution in [0.1, 0.15) is 23.0 Å². The van der Waals surface area contributed by atoms with Gasteiger partial charge in [-0.25, -0.2) is 4.39 Å². The lowest BCUT2D eigenvalue weighted by atomic mass is 10.1. The van der Waals surface area contributed by atoms with Crippen LogP contribution in [0.3, 0.4) is 0 Å². The molecule has 152 valence electrons. The van der Waals surface area contributed by atoms with E-state index in [0.717, 1.165) is 6.07 Å². The molecule has 1 atom stereocenters. The molecule has 1 heterocycles. The summed E-state index contributed by atoms with van der Waals surface area (Å²) in [7, 11) is 0. The Kier molecular flexibility index (Phi) is 7.32. The lowest BCUT2D eigenvalue weighted by Gasteiger charge is -2.19. The van der Waals surface area contributed by atoms with E-state index in [9.17, 15) is 14.0 Å². The van der Waals surface area contributed by atoms with Crippen molar-refractivity contribution >= 4 is 41.5 Å². The first-order chi connectivity index (χ1) is 13.7. The lowest BCUT2D eigenvalue weighted by molar-refractivity contribution is -0.118. The fourth-order valence-electron chi connectivity index (χ4n) is 2.51. The summed E-state index contributed by atoms with van der Waals surface area (Å²) < 4.78 is 14.6. The molecule has 2 amide bonds. The summed E-state index contributed by atoms with van der Waals surface area (Å²) in [5.41, 5.74) is 11.6. The van der Waals surface area contributed by atoms with Gasteiger partial charge in [0.05, 0.1) is 22.0 Å². The van der Waals surface area contributed by atoms with Gasteiger partial charge in [-0.15, -0.1) is 12.6 Å². The van der Waals surface area contributed by atoms with Gasteiger partial charge < -0.3 is 27.5 Å². The number of pyridine rings is 1. The predicted octanol–water partition coefficient (Wildman–Crippen LogP) is 2.05. The Morgan fingerprint density at radius 1 is 1.31 bits per heavy atom. The Hall–Kier alpha value is -3.40. The van der Waals surface area contributed by atoms with Crippen molar-refractivity contribution in [3.63, 3.8) is 0 Å². The van der Waals surface area contributed by atoms with Crippen LogP contribution in [-0.4, -0.2) is 28.6 Å². The van der Waals surface area contributed by atoms with E-state index in [1.807, 2.05) is 0 Å². The third-order valence-corrected chi connectivity index (χ3v) is 4.04. The second kappa shape index (κ2) is 9.69. The Morgan fingerprint density at radius 2 is 2.03 bits per heavy atom. The lowest BCUT2D eigenvalue weighted by Crippen LogP contribution is -2.37. The van der Waals surface area contributed by atoms with E-state index in [-0.39, 0.29) is 34.1 Å². The van der Waals surface area contributed by atoms with E-state index in [1.165, 1.54) is 12.1 Å². The molecule has 29 heavy (non-hydrogen) atoms. The summed E-state index contributed by atoms with van der Waals surface area (Å²) in [5, 5.41) is 13.3. The van der Waals surface area contributed by atoms with Crippen LogP contribution < -0.4 is 22.1 Å². The summed E-state index contributed by atoms with van der Waals surface area (Å²) >= 11 is 4.19. The maximum Gasteiger partial charge on any atom is 0.250 e. The van der Waals surface area contributed by atoms with E-state index in [4.69, 9.17) is 16.9 Å². The molecule has 0 aliphatic rings. The molecule has 10 heteroatoms. The minimum atomic E-state index is -0.943. The molecule has 2 aromatic rings. The van der Waals surface area contributed by atoms with Crippen molar-refractivity contribution in [3.05, 3.63) is 64.7 Å². The zero-order chi connectivity index (χ0) is 21.6. The van der Waals surface area contributed by atoms with E-state index in [2.05, 4.69) is 28.2 Å². The highest BCUT2D eigenvalue weighted by Gasteiger charge is 2.21. The second-order valence-electron chi connectivity index (χ2n) is 6.20. The van der Waals surface area contributed by atoms with Gasteiger partial charge in [0, 0.05) is 24.0 Å². The van der Waals surface area contributed by atoms with Crippen LogP contribution in [0.15, 0.2) is 47.6 Å². The molecule has 0 saturated heterocycles. The number of amides is 2. The molecule has 0 aliphatic carbocycles. The number of hydrogen-bond acceptors (Lipinski definition) is 7. The Balaban J connectivity index is 2.37. The van der Waals surface area contributed by atoms with Gasteiger partial charge in [0.2, 0.25) is 5.91 Å². The summed E-state index contributed by atoms with van der Waals surface area (Å²) in [6, 6.07) is 6.50. The molecular weight excluding hydrogens is 395 g/mol. The van der Waals surface area contributed by atoms with E-state index in [0.29, 0.717) is 5.69 Å². The molecule has 0 aliphatic heterocycles. The Bertz CT molecular complexity index is 965. The monoisotopic (exact) mass is 416 g/mol. The number of primary amides is 2. The smallest absolute Gasteiger partial charge is 0.250 e. The zero-order valence-electron chi connectivity index (χ0n) is 15.6. The molecule has 0 saturated carbocycles. The first-order valence-electron chi connectivity index (χ1n) is 8.49. The number of allylic oxidation sites excluding steroid dienone is 1. The van der Waals surface area contributed by atoms with Crippen molar-refractivity contribution < 1.29 is 14.0 Å². The Labute approximate surface area is 172 Å². The highest BCUT2D eigenvalue weighted by atomic mass is 32.1. The van der Waals surface area contributed by atoms with Crippen LogP contribution in [0.4, 0.5) is 15.8 Å². The predicted molar refractivity (Wildman–Crippen MR) is 114 cm³/mol. The number of nitrogens with two attached hydrogens (primary N) is 2. The van der Waals surface area contributed by atoms with Crippen molar-refractivity contribution in [1.29, 1.82) is 5.41 Å². The van der Waals surface area contributed by atoms with E-state index in [1.54, 1.807) is 31.3 Å². The van der Waals surface area contributed by atoms with Crippen LogP contribution in [0.2, 0.25) is 0 Å². The molecule has 8 nitrogen and oxygen atoms in total. The minimum Gasteiger partial charge on any atom is -0.371 e. The van der Waals surface area contributed by atoms with Gasteiger partial charge in [-0.1, -0.05) is 6.07 Å².